The number of hydrogen-bond donors (Lipinski definition) is 1. The average Bonchev–Trinajstić information content (AvgIpc) is 3.24. The molecule has 2 aromatic carbocycles. The van der Waals surface area contributed by atoms with Crippen LogP contribution in [-0.4, -0.2) is 32.1 Å². The third-order valence-corrected chi connectivity index (χ3v) is 5.82. The Hall–Kier alpha value is -4.26. The minimum atomic E-state index is -0.367. The summed E-state index contributed by atoms with van der Waals surface area (Å²) in [6.07, 6.45) is 10.4. The van der Waals surface area contributed by atoms with Gasteiger partial charge < -0.3 is 14.6 Å². The minimum Gasteiger partial charge on any atom is -0.462 e. The number of rotatable bonds is 7. The summed E-state index contributed by atoms with van der Waals surface area (Å²) >= 11 is 0. The zero-order valence-electron chi connectivity index (χ0n) is 19.2. The van der Waals surface area contributed by atoms with Crippen LogP contribution in [0.5, 0.6) is 0 Å². The molecule has 170 valence electrons. The monoisotopic (exact) mass is 451 g/mol. The van der Waals surface area contributed by atoms with Gasteiger partial charge in [-0.05, 0) is 47.7 Å². The summed E-state index contributed by atoms with van der Waals surface area (Å²) in [5, 5.41) is 4.53. The molecule has 3 aromatic heterocycles. The summed E-state index contributed by atoms with van der Waals surface area (Å²) < 4.78 is 7.52. The number of carbonyl (C=O) groups is 1. The van der Waals surface area contributed by atoms with Gasteiger partial charge in [0.1, 0.15) is 0 Å². The number of benzene rings is 2. The van der Waals surface area contributed by atoms with Crippen LogP contribution in [0.25, 0.3) is 33.1 Å². The molecule has 5 rings (SSSR count). The van der Waals surface area contributed by atoms with Crippen LogP contribution in [0, 0.1) is 0 Å². The zero-order valence-corrected chi connectivity index (χ0v) is 19.2. The Morgan fingerprint density at radius 1 is 1.06 bits per heavy atom. The van der Waals surface area contributed by atoms with E-state index in [2.05, 4.69) is 56.0 Å². The molecule has 0 unspecified atom stereocenters. The van der Waals surface area contributed by atoms with Crippen molar-refractivity contribution in [1.82, 2.24) is 19.5 Å². The first-order valence-electron chi connectivity index (χ1n) is 11.3. The first-order chi connectivity index (χ1) is 16.6. The molecular weight excluding hydrogens is 426 g/mol. The van der Waals surface area contributed by atoms with E-state index in [1.165, 1.54) is 5.39 Å². The van der Waals surface area contributed by atoms with E-state index in [1.54, 1.807) is 30.9 Å². The number of nitrogens with one attached hydrogen (secondary N) is 1. The smallest absolute Gasteiger partial charge is 0.340 e. The van der Waals surface area contributed by atoms with Crippen LogP contribution in [0.2, 0.25) is 0 Å². The van der Waals surface area contributed by atoms with E-state index in [-0.39, 0.29) is 5.97 Å². The number of unbranched alkanes of at least 4 members (excludes halogenated alkanes) is 1. The Morgan fingerprint density at radius 2 is 1.94 bits per heavy atom. The fourth-order valence-electron chi connectivity index (χ4n) is 4.01. The van der Waals surface area contributed by atoms with E-state index in [9.17, 15) is 4.79 Å². The molecule has 0 amide bonds. The summed E-state index contributed by atoms with van der Waals surface area (Å²) in [5.74, 6) is -0.367. The minimum absolute atomic E-state index is 0.367. The van der Waals surface area contributed by atoms with Crippen molar-refractivity contribution in [2.24, 2.45) is 7.05 Å². The molecule has 0 aliphatic rings. The number of aryl methyl sites for hydroxylation is 1. The molecule has 0 bridgehead atoms. The van der Waals surface area contributed by atoms with Crippen LogP contribution in [0.4, 0.5) is 11.4 Å². The highest BCUT2D eigenvalue weighted by Crippen LogP contribution is 2.33. The first kappa shape index (κ1) is 21.6. The normalized spacial score (nSPS) is 11.1. The molecule has 0 saturated carbocycles. The van der Waals surface area contributed by atoms with Gasteiger partial charge in [0.15, 0.2) is 0 Å². The topological polar surface area (TPSA) is 81.9 Å². The first-order valence-corrected chi connectivity index (χ1v) is 11.3. The molecule has 0 atom stereocenters. The van der Waals surface area contributed by atoms with Gasteiger partial charge in [-0.25, -0.2) is 4.79 Å². The van der Waals surface area contributed by atoms with Crippen LogP contribution in [0.15, 0.2) is 73.4 Å². The van der Waals surface area contributed by atoms with E-state index in [0.717, 1.165) is 46.2 Å². The van der Waals surface area contributed by atoms with Gasteiger partial charge in [0.25, 0.3) is 0 Å². The van der Waals surface area contributed by atoms with Gasteiger partial charge in [0, 0.05) is 48.6 Å². The molecule has 0 saturated heterocycles. The van der Waals surface area contributed by atoms with Crippen LogP contribution in [0.1, 0.15) is 30.1 Å². The van der Waals surface area contributed by atoms with E-state index in [4.69, 9.17) is 4.74 Å². The predicted molar refractivity (Wildman–Crippen MR) is 134 cm³/mol. The van der Waals surface area contributed by atoms with Crippen molar-refractivity contribution in [3.63, 3.8) is 0 Å². The molecule has 0 aliphatic carbocycles. The fraction of sp³-hybridized carbons (Fsp3) is 0.185. The van der Waals surface area contributed by atoms with Gasteiger partial charge in [-0.15, -0.1) is 0 Å². The maximum absolute atomic E-state index is 12.6. The molecule has 1 N–H and O–H groups in total. The fourth-order valence-corrected chi connectivity index (χ4v) is 4.01. The summed E-state index contributed by atoms with van der Waals surface area (Å²) in [6, 6.07) is 14.1. The molecule has 0 aliphatic heterocycles. The van der Waals surface area contributed by atoms with Crippen molar-refractivity contribution < 1.29 is 9.53 Å². The van der Waals surface area contributed by atoms with Gasteiger partial charge in [0.2, 0.25) is 0 Å². The summed E-state index contributed by atoms with van der Waals surface area (Å²) in [5.41, 5.74) is 6.49. The lowest BCUT2D eigenvalue weighted by Crippen LogP contribution is -2.09. The quantitative estimate of drug-likeness (QED) is 0.246. The van der Waals surface area contributed by atoms with E-state index >= 15 is 0 Å². The SMILES string of the molecule is CCCCOC(=O)c1ccncc1Nc1cc(-c2ccc3ccn(C)c3c2)c2nccnc2c1. The van der Waals surface area contributed by atoms with E-state index < -0.39 is 0 Å². The molecular formula is C27H25N5O2. The van der Waals surface area contributed by atoms with Crippen LogP contribution < -0.4 is 5.32 Å². The molecule has 0 fully saturated rings. The molecule has 0 spiro atoms. The number of hydrogen-bond acceptors (Lipinski definition) is 6. The Morgan fingerprint density at radius 3 is 2.82 bits per heavy atom. The highest BCUT2D eigenvalue weighted by molar-refractivity contribution is 5.99. The second-order valence-electron chi connectivity index (χ2n) is 8.18. The number of ether oxygens (including phenoxy) is 1. The van der Waals surface area contributed by atoms with Gasteiger partial charge in [0.05, 0.1) is 35.1 Å². The van der Waals surface area contributed by atoms with Crippen molar-refractivity contribution in [3.05, 3.63) is 79.0 Å². The number of pyridine rings is 1. The van der Waals surface area contributed by atoms with Gasteiger partial charge >= 0.3 is 5.97 Å². The number of anilines is 2. The molecule has 7 nitrogen and oxygen atoms in total. The van der Waals surface area contributed by atoms with Crippen molar-refractivity contribution in [2.45, 2.75) is 19.8 Å². The highest BCUT2D eigenvalue weighted by Gasteiger charge is 2.15. The molecule has 7 heteroatoms. The second kappa shape index (κ2) is 9.31. The Balaban J connectivity index is 1.56. The standard InChI is InChI=1S/C27H25N5O2/c1-3-4-13-34-27(33)21-7-9-28-17-24(21)31-20-15-22(26-23(16-20)29-10-11-30-26)19-6-5-18-8-12-32(2)25(18)14-19/h5-12,14-17,31H,3-4,13H2,1-2H3. The second-order valence-corrected chi connectivity index (χ2v) is 8.18. The van der Waals surface area contributed by atoms with Gasteiger partial charge in [-0.3, -0.25) is 15.0 Å². The molecule has 3 heterocycles. The molecule has 0 radical (unpaired) electrons. The van der Waals surface area contributed by atoms with Crippen LogP contribution in [-0.2, 0) is 11.8 Å². The summed E-state index contributed by atoms with van der Waals surface area (Å²) in [6.45, 7) is 2.46. The Labute approximate surface area is 197 Å². The highest BCUT2D eigenvalue weighted by atomic mass is 16.5. The van der Waals surface area contributed by atoms with Gasteiger partial charge in [-0.1, -0.05) is 25.5 Å². The number of aromatic nitrogens is 4. The lowest BCUT2D eigenvalue weighted by Gasteiger charge is -2.14. The lowest BCUT2D eigenvalue weighted by molar-refractivity contribution is 0.0501. The summed E-state index contributed by atoms with van der Waals surface area (Å²) in [4.78, 5) is 26.0. The van der Waals surface area contributed by atoms with Gasteiger partial charge in [-0.2, -0.15) is 0 Å². The van der Waals surface area contributed by atoms with Crippen molar-refractivity contribution in [3.8, 4) is 11.1 Å². The van der Waals surface area contributed by atoms with Crippen molar-refractivity contribution in [1.29, 1.82) is 0 Å². The number of esters is 1. The lowest BCUT2D eigenvalue weighted by atomic mass is 10.0. The predicted octanol–water partition coefficient (Wildman–Crippen LogP) is 5.88. The van der Waals surface area contributed by atoms with Crippen LogP contribution >= 0.6 is 0 Å². The summed E-state index contributed by atoms with van der Waals surface area (Å²) in [7, 11) is 2.03. The Bertz CT molecular complexity index is 1490. The number of nitrogens with zero attached hydrogens (tertiary/aromatic N) is 4. The molecule has 5 aromatic rings. The average molecular weight is 452 g/mol. The van der Waals surface area contributed by atoms with Crippen molar-refractivity contribution in [2.75, 3.05) is 11.9 Å². The largest absolute Gasteiger partial charge is 0.462 e. The maximum atomic E-state index is 12.6. The number of carbonyl (C=O) groups excluding carboxylic acids is 1. The molecule has 34 heavy (non-hydrogen) atoms. The zero-order chi connectivity index (χ0) is 23.5. The Kier molecular flexibility index (Phi) is 5.91. The maximum Gasteiger partial charge on any atom is 0.340 e. The van der Waals surface area contributed by atoms with Crippen molar-refractivity contribution >= 4 is 39.3 Å². The third-order valence-electron chi connectivity index (χ3n) is 5.82. The third kappa shape index (κ3) is 4.20. The van der Waals surface area contributed by atoms with E-state index in [1.807, 2.05) is 25.4 Å². The van der Waals surface area contributed by atoms with E-state index in [0.29, 0.717) is 17.9 Å². The number of fused-ring (bicyclic) bond motifs is 2. The van der Waals surface area contributed by atoms with Crippen LogP contribution in [0.3, 0.4) is 0 Å².